The van der Waals surface area contributed by atoms with Gasteiger partial charge in [-0.15, -0.1) is 0 Å². The molecule has 0 atom stereocenters. The molecule has 1 aliphatic rings. The Hall–Kier alpha value is -3.33. The zero-order chi connectivity index (χ0) is 27.4. The average Bonchev–Trinajstić information content (AvgIpc) is 3.23. The number of likely N-dealkylation sites (N-methyl/N-ethyl adjacent to an activating group) is 1. The van der Waals surface area contributed by atoms with Crippen LogP contribution in [0.25, 0.3) is 5.69 Å². The number of piperazine rings is 1. The zero-order valence-electron chi connectivity index (χ0n) is 22.5. The molecule has 6 nitrogen and oxygen atoms in total. The maximum atomic E-state index is 13.6. The number of carbonyl (C=O) groups excluding carboxylic acids is 1. The van der Waals surface area contributed by atoms with Crippen molar-refractivity contribution in [3.63, 3.8) is 0 Å². The Morgan fingerprint density at radius 1 is 1.00 bits per heavy atom. The number of hydrogen-bond acceptors (Lipinski definition) is 4. The second kappa shape index (κ2) is 11.6. The van der Waals surface area contributed by atoms with Crippen LogP contribution in [-0.2, 0) is 12.7 Å². The van der Waals surface area contributed by atoms with E-state index in [0.717, 1.165) is 67.6 Å². The lowest BCUT2D eigenvalue weighted by Gasteiger charge is -2.36. The van der Waals surface area contributed by atoms with Gasteiger partial charge in [-0.2, -0.15) is 18.3 Å². The van der Waals surface area contributed by atoms with E-state index in [1.54, 1.807) is 4.90 Å². The first-order valence-electron chi connectivity index (χ1n) is 13.2. The molecule has 3 aromatic rings. The number of hydrogen-bond donors (Lipinski definition) is 0. The molecule has 4 rings (SSSR count). The van der Waals surface area contributed by atoms with Gasteiger partial charge < -0.3 is 14.7 Å². The monoisotopic (exact) mass is 527 g/mol. The van der Waals surface area contributed by atoms with Crippen LogP contribution >= 0.6 is 0 Å². The topological polar surface area (TPSA) is 44.6 Å². The fourth-order valence-electron chi connectivity index (χ4n) is 4.92. The molecular weight excluding hydrogens is 491 g/mol. The highest BCUT2D eigenvalue weighted by Gasteiger charge is 2.31. The number of halogens is 3. The smallest absolute Gasteiger partial charge is 0.354 e. The fourth-order valence-corrected chi connectivity index (χ4v) is 4.92. The van der Waals surface area contributed by atoms with Crippen LogP contribution in [0.5, 0.6) is 0 Å². The lowest BCUT2D eigenvalue weighted by atomic mass is 10.1. The normalized spacial score (nSPS) is 14.8. The molecule has 0 saturated carbocycles. The van der Waals surface area contributed by atoms with Gasteiger partial charge in [0.1, 0.15) is 5.82 Å². The van der Waals surface area contributed by atoms with Gasteiger partial charge in [-0.1, -0.05) is 39.0 Å². The van der Waals surface area contributed by atoms with Crippen LogP contribution in [0.2, 0.25) is 0 Å². The number of alkyl halides is 3. The van der Waals surface area contributed by atoms with Gasteiger partial charge >= 0.3 is 6.18 Å². The largest absolute Gasteiger partial charge is 0.416 e. The van der Waals surface area contributed by atoms with E-state index in [1.807, 2.05) is 55.8 Å². The summed E-state index contributed by atoms with van der Waals surface area (Å²) in [5.74, 6) is 0.855. The summed E-state index contributed by atoms with van der Waals surface area (Å²) >= 11 is 0. The third kappa shape index (κ3) is 6.20. The van der Waals surface area contributed by atoms with E-state index < -0.39 is 11.7 Å². The molecule has 2 heterocycles. The molecule has 0 spiro atoms. The fraction of sp³-hybridized carbons (Fsp3) is 0.448. The van der Waals surface area contributed by atoms with E-state index in [-0.39, 0.29) is 17.4 Å². The predicted molar refractivity (Wildman–Crippen MR) is 144 cm³/mol. The molecular formula is C29H36F3N5O. The minimum absolute atomic E-state index is 0.175. The molecule has 0 bridgehead atoms. The summed E-state index contributed by atoms with van der Waals surface area (Å²) in [5, 5.41) is 4.90. The zero-order valence-corrected chi connectivity index (χ0v) is 22.5. The maximum Gasteiger partial charge on any atom is 0.416 e. The van der Waals surface area contributed by atoms with Crippen molar-refractivity contribution in [2.45, 2.75) is 40.4 Å². The molecule has 0 radical (unpaired) electrons. The molecule has 1 saturated heterocycles. The molecule has 1 aliphatic heterocycles. The molecule has 0 N–H and O–H groups in total. The van der Waals surface area contributed by atoms with Crippen molar-refractivity contribution >= 4 is 11.7 Å². The number of anilines is 1. The van der Waals surface area contributed by atoms with Crippen LogP contribution in [0.1, 0.15) is 48.0 Å². The molecule has 2 aromatic carbocycles. The average molecular weight is 528 g/mol. The molecule has 0 aliphatic carbocycles. The number of para-hydroxylation sites is 1. The van der Waals surface area contributed by atoms with Gasteiger partial charge in [-0.25, -0.2) is 4.68 Å². The third-order valence-corrected chi connectivity index (χ3v) is 6.96. The number of aromatic nitrogens is 2. The SMILES string of the molecule is CCN1CCN(c2c(CN(CC(C)C)C(=O)c3ccc(C(F)(F)F)cc3)c(C)nn2-c2ccccc2)CC1. The minimum atomic E-state index is -4.45. The second-order valence-electron chi connectivity index (χ2n) is 10.2. The number of amides is 1. The number of carbonyl (C=O) groups is 1. The molecule has 38 heavy (non-hydrogen) atoms. The molecule has 9 heteroatoms. The van der Waals surface area contributed by atoms with Gasteiger partial charge in [0, 0.05) is 43.9 Å². The van der Waals surface area contributed by atoms with Crippen molar-refractivity contribution in [3.8, 4) is 5.69 Å². The van der Waals surface area contributed by atoms with Gasteiger partial charge in [0.25, 0.3) is 5.91 Å². The van der Waals surface area contributed by atoms with Gasteiger partial charge in [-0.3, -0.25) is 4.79 Å². The van der Waals surface area contributed by atoms with Crippen molar-refractivity contribution in [1.82, 2.24) is 19.6 Å². The predicted octanol–water partition coefficient (Wildman–Crippen LogP) is 5.64. The first kappa shape index (κ1) is 27.7. The van der Waals surface area contributed by atoms with Gasteiger partial charge in [0.2, 0.25) is 0 Å². The van der Waals surface area contributed by atoms with Gasteiger partial charge in [0.15, 0.2) is 0 Å². The Labute approximate surface area is 222 Å². The summed E-state index contributed by atoms with van der Waals surface area (Å²) in [4.78, 5) is 20.1. The lowest BCUT2D eigenvalue weighted by Crippen LogP contribution is -2.47. The molecule has 1 amide bonds. The molecule has 0 unspecified atom stereocenters. The summed E-state index contributed by atoms with van der Waals surface area (Å²) in [7, 11) is 0. The first-order valence-corrected chi connectivity index (χ1v) is 13.2. The Morgan fingerprint density at radius 3 is 2.18 bits per heavy atom. The van der Waals surface area contributed by atoms with Crippen molar-refractivity contribution in [2.75, 3.05) is 44.2 Å². The number of benzene rings is 2. The Balaban J connectivity index is 1.71. The number of aryl methyl sites for hydroxylation is 1. The van der Waals surface area contributed by atoms with Crippen molar-refractivity contribution in [3.05, 3.63) is 77.0 Å². The van der Waals surface area contributed by atoms with E-state index in [1.165, 1.54) is 12.1 Å². The Bertz CT molecular complexity index is 1210. The van der Waals surface area contributed by atoms with E-state index in [4.69, 9.17) is 5.10 Å². The van der Waals surface area contributed by atoms with Crippen molar-refractivity contribution in [1.29, 1.82) is 0 Å². The number of rotatable bonds is 8. The highest BCUT2D eigenvalue weighted by atomic mass is 19.4. The summed E-state index contributed by atoms with van der Waals surface area (Å²) in [6.07, 6.45) is -4.45. The van der Waals surface area contributed by atoms with Crippen LogP contribution in [0.15, 0.2) is 54.6 Å². The Morgan fingerprint density at radius 2 is 1.63 bits per heavy atom. The van der Waals surface area contributed by atoms with Crippen LogP contribution in [0, 0.1) is 12.8 Å². The van der Waals surface area contributed by atoms with Crippen LogP contribution in [0.4, 0.5) is 19.0 Å². The minimum Gasteiger partial charge on any atom is -0.354 e. The van der Waals surface area contributed by atoms with Crippen LogP contribution in [-0.4, -0.2) is 64.8 Å². The van der Waals surface area contributed by atoms with Gasteiger partial charge in [-0.05, 0) is 55.8 Å². The van der Waals surface area contributed by atoms with Gasteiger partial charge in [0.05, 0.1) is 23.5 Å². The van der Waals surface area contributed by atoms with E-state index in [0.29, 0.717) is 13.1 Å². The van der Waals surface area contributed by atoms with Crippen LogP contribution < -0.4 is 4.90 Å². The number of nitrogens with zero attached hydrogens (tertiary/aromatic N) is 5. The standard InChI is InChI=1S/C29H36F3N5O/c1-5-34-15-17-35(18-16-34)27-26(22(4)33-37(27)25-9-7-6-8-10-25)20-36(19-21(2)3)28(38)23-11-13-24(14-12-23)29(30,31)32/h6-14,21H,5,15-20H2,1-4H3. The Kier molecular flexibility index (Phi) is 8.45. The van der Waals surface area contributed by atoms with E-state index in [9.17, 15) is 18.0 Å². The second-order valence-corrected chi connectivity index (χ2v) is 10.2. The molecule has 1 aromatic heterocycles. The highest BCUT2D eigenvalue weighted by Crippen LogP contribution is 2.32. The highest BCUT2D eigenvalue weighted by molar-refractivity contribution is 5.94. The summed E-state index contributed by atoms with van der Waals surface area (Å²) in [5.41, 5.74) is 2.21. The van der Waals surface area contributed by atoms with Crippen molar-refractivity contribution < 1.29 is 18.0 Å². The van der Waals surface area contributed by atoms with Crippen molar-refractivity contribution in [2.24, 2.45) is 5.92 Å². The summed E-state index contributed by atoms with van der Waals surface area (Å²) in [6, 6.07) is 14.4. The summed E-state index contributed by atoms with van der Waals surface area (Å²) < 4.78 is 41.2. The van der Waals surface area contributed by atoms with E-state index in [2.05, 4.69) is 16.7 Å². The summed E-state index contributed by atoms with van der Waals surface area (Å²) in [6.45, 7) is 13.5. The quantitative estimate of drug-likeness (QED) is 0.380. The third-order valence-electron chi connectivity index (χ3n) is 6.96. The van der Waals surface area contributed by atoms with Crippen LogP contribution in [0.3, 0.4) is 0 Å². The molecule has 1 fully saturated rings. The lowest BCUT2D eigenvalue weighted by molar-refractivity contribution is -0.137. The maximum absolute atomic E-state index is 13.6. The first-order chi connectivity index (χ1) is 18.1. The van der Waals surface area contributed by atoms with E-state index >= 15 is 0 Å². The molecule has 204 valence electrons.